The Bertz CT molecular complexity index is 413. The molecule has 7 nitrogen and oxygen atoms in total. The number of hydrogen-bond donors (Lipinski definition) is 2. The first-order valence-electron chi connectivity index (χ1n) is 6.26. The van der Waals surface area contributed by atoms with Gasteiger partial charge in [-0.2, -0.15) is 15.0 Å². The largest absolute Gasteiger partial charge is 0.464 e. The van der Waals surface area contributed by atoms with Crippen LogP contribution in [0.4, 0.5) is 11.9 Å². The van der Waals surface area contributed by atoms with Crippen molar-refractivity contribution in [2.75, 3.05) is 23.5 Å². The summed E-state index contributed by atoms with van der Waals surface area (Å²) in [4.78, 5) is 14.8. The molecule has 0 bridgehead atoms. The molecule has 0 aromatic carbocycles. The van der Waals surface area contributed by atoms with Crippen LogP contribution in [0.3, 0.4) is 0 Å². The highest BCUT2D eigenvalue weighted by molar-refractivity contribution is 5.39. The smallest absolute Gasteiger partial charge is 0.323 e. The summed E-state index contributed by atoms with van der Waals surface area (Å²) in [6, 6.07) is 0.727. The molecule has 1 aliphatic heterocycles. The quantitative estimate of drug-likeness (QED) is 0.605. The van der Waals surface area contributed by atoms with Crippen molar-refractivity contribution >= 4 is 11.9 Å². The van der Waals surface area contributed by atoms with Gasteiger partial charge in [0.05, 0.1) is 6.61 Å². The van der Waals surface area contributed by atoms with Crippen LogP contribution in [0.2, 0.25) is 0 Å². The number of hydrogen-bond acceptors (Lipinski definition) is 7. The molecule has 1 aliphatic rings. The molecule has 100 valence electrons. The number of rotatable bonds is 4. The average Bonchev–Trinajstić information content (AvgIpc) is 2.68. The number of nitrogens with two attached hydrogens (primary N) is 1. The number of ether oxygens (including phenoxy) is 1. The first kappa shape index (κ1) is 12.8. The van der Waals surface area contributed by atoms with Gasteiger partial charge >= 0.3 is 6.01 Å². The Balaban J connectivity index is 2.28. The fourth-order valence-electron chi connectivity index (χ4n) is 2.31. The third-order valence-electron chi connectivity index (χ3n) is 3.05. The summed E-state index contributed by atoms with van der Waals surface area (Å²) in [5, 5.41) is 0. The molecule has 0 aliphatic carbocycles. The molecule has 0 saturated carbocycles. The van der Waals surface area contributed by atoms with Crippen LogP contribution in [0.5, 0.6) is 6.01 Å². The van der Waals surface area contributed by atoms with Gasteiger partial charge in [0.1, 0.15) is 0 Å². The maximum absolute atomic E-state index is 5.37. The Morgan fingerprint density at radius 1 is 1.39 bits per heavy atom. The van der Waals surface area contributed by atoms with E-state index in [0.717, 1.165) is 13.0 Å². The molecule has 2 rings (SSSR count). The lowest BCUT2D eigenvalue weighted by molar-refractivity contribution is 0.312. The van der Waals surface area contributed by atoms with Crippen LogP contribution in [-0.2, 0) is 0 Å². The molecule has 0 spiro atoms. The highest BCUT2D eigenvalue weighted by Gasteiger charge is 2.28. The van der Waals surface area contributed by atoms with Crippen LogP contribution in [0.25, 0.3) is 0 Å². The molecule has 18 heavy (non-hydrogen) atoms. The second-order valence-electron chi connectivity index (χ2n) is 4.66. The van der Waals surface area contributed by atoms with Gasteiger partial charge in [-0.3, -0.25) is 5.43 Å². The van der Waals surface area contributed by atoms with Gasteiger partial charge in [-0.05, 0) is 26.2 Å². The van der Waals surface area contributed by atoms with Crippen molar-refractivity contribution in [3.05, 3.63) is 0 Å². The Kier molecular flexibility index (Phi) is 3.81. The van der Waals surface area contributed by atoms with Gasteiger partial charge in [0.2, 0.25) is 11.9 Å². The molecule has 7 heteroatoms. The summed E-state index contributed by atoms with van der Waals surface area (Å²) in [5.74, 6) is 6.96. The fourth-order valence-corrected chi connectivity index (χ4v) is 2.31. The van der Waals surface area contributed by atoms with Crippen LogP contribution in [-0.4, -0.2) is 34.1 Å². The Hall–Kier alpha value is -1.63. The van der Waals surface area contributed by atoms with Crippen molar-refractivity contribution in [2.24, 2.45) is 11.8 Å². The van der Waals surface area contributed by atoms with Gasteiger partial charge < -0.3 is 9.64 Å². The minimum atomic E-state index is 0.308. The number of nitrogens with zero attached hydrogens (tertiary/aromatic N) is 4. The first-order chi connectivity index (χ1) is 8.63. The fraction of sp³-hybridized carbons (Fsp3) is 0.727. The van der Waals surface area contributed by atoms with Crippen molar-refractivity contribution in [1.29, 1.82) is 0 Å². The van der Waals surface area contributed by atoms with Crippen LogP contribution in [0.1, 0.15) is 27.2 Å². The van der Waals surface area contributed by atoms with Gasteiger partial charge in [-0.1, -0.05) is 6.92 Å². The number of nitrogens with one attached hydrogen (secondary N) is 1. The highest BCUT2D eigenvalue weighted by Crippen LogP contribution is 2.27. The van der Waals surface area contributed by atoms with E-state index in [1.165, 1.54) is 0 Å². The van der Waals surface area contributed by atoms with E-state index in [4.69, 9.17) is 10.6 Å². The predicted molar refractivity (Wildman–Crippen MR) is 69.4 cm³/mol. The van der Waals surface area contributed by atoms with Crippen LogP contribution in [0, 0.1) is 5.92 Å². The molecule has 1 fully saturated rings. The summed E-state index contributed by atoms with van der Waals surface area (Å²) in [5.41, 5.74) is 2.45. The topological polar surface area (TPSA) is 89.2 Å². The lowest BCUT2D eigenvalue weighted by Crippen LogP contribution is -2.29. The molecular formula is C11H20N6O. The van der Waals surface area contributed by atoms with E-state index in [1.807, 2.05) is 6.92 Å². The number of nitrogen functional groups attached to an aromatic ring is 1. The molecule has 3 N–H and O–H groups in total. The van der Waals surface area contributed by atoms with Crippen LogP contribution >= 0.6 is 0 Å². The van der Waals surface area contributed by atoms with Crippen molar-refractivity contribution in [3.8, 4) is 6.01 Å². The average molecular weight is 252 g/mol. The van der Waals surface area contributed by atoms with Crippen molar-refractivity contribution < 1.29 is 4.74 Å². The minimum absolute atomic E-state index is 0.308. The number of aromatic nitrogens is 3. The lowest BCUT2D eigenvalue weighted by Gasteiger charge is -2.21. The Morgan fingerprint density at radius 3 is 2.72 bits per heavy atom. The molecule has 1 aromatic rings. The summed E-state index contributed by atoms with van der Waals surface area (Å²) in [7, 11) is 0. The Labute approximate surface area is 107 Å². The molecule has 0 radical (unpaired) electrons. The van der Waals surface area contributed by atoms with E-state index in [0.29, 0.717) is 36.5 Å². The lowest BCUT2D eigenvalue weighted by atomic mass is 10.1. The molecule has 2 atom stereocenters. The molecule has 0 amide bonds. The highest BCUT2D eigenvalue weighted by atomic mass is 16.5. The van der Waals surface area contributed by atoms with E-state index in [2.05, 4.69) is 39.1 Å². The van der Waals surface area contributed by atoms with Crippen molar-refractivity contribution in [1.82, 2.24) is 15.0 Å². The summed E-state index contributed by atoms with van der Waals surface area (Å²) in [6.45, 7) is 7.74. The summed E-state index contributed by atoms with van der Waals surface area (Å²) in [6.07, 6.45) is 1.14. The molecule has 1 saturated heterocycles. The van der Waals surface area contributed by atoms with Gasteiger partial charge in [0, 0.05) is 12.6 Å². The SMILES string of the molecule is CCOc1nc(NN)nc(N2CC(C)CC2C)n1. The zero-order valence-electron chi connectivity index (χ0n) is 11.1. The van der Waals surface area contributed by atoms with E-state index in [9.17, 15) is 0 Å². The standard InChI is InChI=1S/C11H20N6O/c1-4-18-11-14-9(16-12)13-10(15-11)17-6-7(2)5-8(17)3/h7-8H,4-6,12H2,1-3H3,(H,13,14,15,16). The maximum atomic E-state index is 5.37. The summed E-state index contributed by atoms with van der Waals surface area (Å²) < 4.78 is 5.33. The molecule has 2 heterocycles. The second kappa shape index (κ2) is 5.34. The number of anilines is 2. The minimum Gasteiger partial charge on any atom is -0.464 e. The van der Waals surface area contributed by atoms with Gasteiger partial charge in [0.25, 0.3) is 0 Å². The summed E-state index contributed by atoms with van der Waals surface area (Å²) >= 11 is 0. The van der Waals surface area contributed by atoms with E-state index >= 15 is 0 Å². The van der Waals surface area contributed by atoms with E-state index in [1.54, 1.807) is 0 Å². The second-order valence-corrected chi connectivity index (χ2v) is 4.66. The van der Waals surface area contributed by atoms with Crippen molar-refractivity contribution in [3.63, 3.8) is 0 Å². The molecule has 1 aromatic heterocycles. The monoisotopic (exact) mass is 252 g/mol. The molecule has 2 unspecified atom stereocenters. The van der Waals surface area contributed by atoms with Gasteiger partial charge in [-0.25, -0.2) is 5.84 Å². The van der Waals surface area contributed by atoms with E-state index < -0.39 is 0 Å². The third kappa shape index (κ3) is 2.61. The normalized spacial score (nSPS) is 23.2. The maximum Gasteiger partial charge on any atom is 0.323 e. The Morgan fingerprint density at radius 2 is 2.17 bits per heavy atom. The van der Waals surface area contributed by atoms with E-state index in [-0.39, 0.29) is 0 Å². The van der Waals surface area contributed by atoms with Crippen molar-refractivity contribution in [2.45, 2.75) is 33.2 Å². The zero-order chi connectivity index (χ0) is 13.1. The van der Waals surface area contributed by atoms with Crippen LogP contribution in [0.15, 0.2) is 0 Å². The van der Waals surface area contributed by atoms with Gasteiger partial charge in [0.15, 0.2) is 0 Å². The van der Waals surface area contributed by atoms with Crippen LogP contribution < -0.4 is 20.9 Å². The number of hydrazine groups is 1. The third-order valence-corrected chi connectivity index (χ3v) is 3.05. The first-order valence-corrected chi connectivity index (χ1v) is 6.26. The molecular weight excluding hydrogens is 232 g/mol. The zero-order valence-corrected chi connectivity index (χ0v) is 11.1. The predicted octanol–water partition coefficient (Wildman–Crippen LogP) is 0.791. The van der Waals surface area contributed by atoms with Gasteiger partial charge in [-0.15, -0.1) is 0 Å².